The number of aliphatic hydroxyl groups is 1. The minimum Gasteiger partial charge on any atom is -0.506 e. The Bertz CT molecular complexity index is 1310. The number of Topliss-reactive ketones (excluding diaryl/α,β-unsaturated/α-hetero) is 1. The van der Waals surface area contributed by atoms with E-state index >= 15 is 0 Å². The number of carbonyl (C=O) groups excluding carboxylic acids is 1. The van der Waals surface area contributed by atoms with E-state index in [4.69, 9.17) is 0 Å². The van der Waals surface area contributed by atoms with Crippen molar-refractivity contribution in [3.05, 3.63) is 78.0 Å². The Morgan fingerprint density at radius 3 is 1.48 bits per heavy atom. The SMILES string of the molecule is O=C1C(=Cc2cc(C3CCCCC3)[s+]c(C3CCCCC3)c2)C(O)=C1C=C1C=C(C2CCCCC2)SC(C2CCCCC2)=C1. The molecule has 1 N–H and O–H groups in total. The molecule has 0 spiro atoms. The molecule has 2 nitrogen and oxygen atoms in total. The summed E-state index contributed by atoms with van der Waals surface area (Å²) < 4.78 is 0. The standard InChI is InChI=1S/C40H50O2S2/c41-39-33(21-27-23-35(29-13-5-1-6-14-29)43-36(24-27)30-15-7-2-8-16-30)40(42)34(39)22-28-25-37(31-17-9-3-10-18-31)44-38(26-28)32-19-11-4-12-20-32/h21-26,29-32H,1-20H2/p+1. The highest BCUT2D eigenvalue weighted by Gasteiger charge is 2.35. The van der Waals surface area contributed by atoms with Gasteiger partial charge in [0.2, 0.25) is 26.9 Å². The number of thioether (sulfide) groups is 1. The first-order valence-corrected chi connectivity index (χ1v) is 19.8. The fraction of sp³-hybridized carbons (Fsp3) is 0.600. The van der Waals surface area contributed by atoms with Crippen LogP contribution >= 0.6 is 23.1 Å². The summed E-state index contributed by atoms with van der Waals surface area (Å²) in [7, 11) is 0. The van der Waals surface area contributed by atoms with E-state index in [0.717, 1.165) is 11.1 Å². The van der Waals surface area contributed by atoms with E-state index in [0.29, 0.717) is 34.8 Å². The van der Waals surface area contributed by atoms with Crippen LogP contribution in [0.2, 0.25) is 0 Å². The zero-order chi connectivity index (χ0) is 29.9. The van der Waals surface area contributed by atoms with Crippen molar-refractivity contribution in [1.82, 2.24) is 0 Å². The summed E-state index contributed by atoms with van der Waals surface area (Å²) in [5.41, 5.74) is 3.21. The van der Waals surface area contributed by atoms with Crippen LogP contribution in [0.15, 0.2) is 62.6 Å². The number of allylic oxidation sites excluding steroid dienone is 8. The second kappa shape index (κ2) is 14.2. The van der Waals surface area contributed by atoms with E-state index in [9.17, 15) is 9.90 Å². The summed E-state index contributed by atoms with van der Waals surface area (Å²) in [6.45, 7) is 0. The smallest absolute Gasteiger partial charge is 0.219 e. The molecule has 234 valence electrons. The van der Waals surface area contributed by atoms with Gasteiger partial charge in [-0.1, -0.05) is 88.8 Å². The average molecular weight is 628 g/mol. The molecule has 0 aromatic carbocycles. The van der Waals surface area contributed by atoms with E-state index in [1.165, 1.54) is 148 Å². The molecule has 7 rings (SSSR count). The molecule has 1 aromatic rings. The third-order valence-corrected chi connectivity index (χ3v) is 14.1. The number of aliphatic hydroxyl groups excluding tert-OH is 1. The summed E-state index contributed by atoms with van der Waals surface area (Å²) in [4.78, 5) is 19.6. The van der Waals surface area contributed by atoms with E-state index in [2.05, 4.69) is 24.3 Å². The van der Waals surface area contributed by atoms with Crippen molar-refractivity contribution < 1.29 is 9.90 Å². The average Bonchev–Trinajstić information content (AvgIpc) is 3.10. The first-order valence-electron chi connectivity index (χ1n) is 18.1. The van der Waals surface area contributed by atoms with Crippen LogP contribution in [0.4, 0.5) is 0 Å². The first kappa shape index (κ1) is 30.7. The van der Waals surface area contributed by atoms with Gasteiger partial charge in [-0.3, -0.25) is 4.79 Å². The first-order chi connectivity index (χ1) is 21.6. The van der Waals surface area contributed by atoms with Gasteiger partial charge in [0, 0.05) is 24.0 Å². The van der Waals surface area contributed by atoms with Gasteiger partial charge >= 0.3 is 0 Å². The molecular weight excluding hydrogens is 577 g/mol. The Labute approximate surface area is 273 Å². The van der Waals surface area contributed by atoms with Crippen LogP contribution in [0.25, 0.3) is 6.08 Å². The highest BCUT2D eigenvalue weighted by molar-refractivity contribution is 8.06. The zero-order valence-corrected chi connectivity index (χ0v) is 28.2. The highest BCUT2D eigenvalue weighted by atomic mass is 32.2. The molecule has 0 atom stereocenters. The molecule has 6 aliphatic rings. The molecule has 4 heteroatoms. The van der Waals surface area contributed by atoms with Gasteiger partial charge in [0.25, 0.3) is 0 Å². The molecule has 0 radical (unpaired) electrons. The quantitative estimate of drug-likeness (QED) is 0.252. The maximum Gasteiger partial charge on any atom is 0.219 e. The van der Waals surface area contributed by atoms with E-state index in [1.807, 2.05) is 35.3 Å². The van der Waals surface area contributed by atoms with Crippen LogP contribution in [0.1, 0.15) is 156 Å². The Hall–Kier alpha value is -1.91. The number of ketones is 1. The zero-order valence-electron chi connectivity index (χ0n) is 26.6. The maximum absolute atomic E-state index is 13.6. The lowest BCUT2D eigenvalue weighted by atomic mass is 9.83. The van der Waals surface area contributed by atoms with Crippen molar-refractivity contribution in [2.75, 3.05) is 0 Å². The molecule has 0 bridgehead atoms. The molecule has 44 heavy (non-hydrogen) atoms. The van der Waals surface area contributed by atoms with Crippen molar-refractivity contribution in [3.63, 3.8) is 0 Å². The summed E-state index contributed by atoms with van der Waals surface area (Å²) >= 11 is 4.08. The Morgan fingerprint density at radius 2 is 1.05 bits per heavy atom. The van der Waals surface area contributed by atoms with E-state index in [1.54, 1.807) is 0 Å². The van der Waals surface area contributed by atoms with E-state index < -0.39 is 0 Å². The van der Waals surface area contributed by atoms with Crippen LogP contribution < -0.4 is 0 Å². The number of hydrogen-bond donors (Lipinski definition) is 1. The van der Waals surface area contributed by atoms with Gasteiger partial charge < -0.3 is 5.11 Å². The fourth-order valence-electron chi connectivity index (χ4n) is 8.69. The number of rotatable bonds is 6. The largest absolute Gasteiger partial charge is 0.506 e. The monoisotopic (exact) mass is 627 g/mol. The van der Waals surface area contributed by atoms with Gasteiger partial charge in [-0.05, 0) is 108 Å². The molecular formula is C40H51O2S2+. The summed E-state index contributed by atoms with van der Waals surface area (Å²) in [5.74, 6) is 2.78. The van der Waals surface area contributed by atoms with Crippen LogP contribution in [0.5, 0.6) is 0 Å². The van der Waals surface area contributed by atoms with Crippen LogP contribution in [0, 0.1) is 11.8 Å². The van der Waals surface area contributed by atoms with E-state index in [-0.39, 0.29) is 11.5 Å². The lowest BCUT2D eigenvalue weighted by Gasteiger charge is -2.31. The van der Waals surface area contributed by atoms with Crippen molar-refractivity contribution in [3.8, 4) is 0 Å². The maximum atomic E-state index is 13.6. The minimum absolute atomic E-state index is 0.000538. The Kier molecular flexibility index (Phi) is 9.95. The summed E-state index contributed by atoms with van der Waals surface area (Å²) in [6, 6.07) is 4.68. The predicted molar refractivity (Wildman–Crippen MR) is 188 cm³/mol. The van der Waals surface area contributed by atoms with Gasteiger partial charge in [-0.25, -0.2) is 0 Å². The van der Waals surface area contributed by atoms with Gasteiger partial charge in [-0.2, -0.15) is 0 Å². The van der Waals surface area contributed by atoms with Crippen molar-refractivity contribution in [2.45, 2.75) is 140 Å². The molecule has 0 unspecified atom stereocenters. The molecule has 1 aliphatic heterocycles. The molecule has 0 saturated heterocycles. The third-order valence-electron chi connectivity index (χ3n) is 11.4. The topological polar surface area (TPSA) is 37.3 Å². The molecule has 4 saturated carbocycles. The fourth-order valence-corrected chi connectivity index (χ4v) is 11.6. The minimum atomic E-state index is -0.000538. The highest BCUT2D eigenvalue weighted by Crippen LogP contribution is 2.48. The predicted octanol–water partition coefficient (Wildman–Crippen LogP) is 12.5. The molecule has 2 heterocycles. The summed E-state index contributed by atoms with van der Waals surface area (Å²) in [6.07, 6.45) is 35.0. The van der Waals surface area contributed by atoms with Gasteiger partial charge in [0.1, 0.15) is 5.76 Å². The molecule has 4 fully saturated rings. The van der Waals surface area contributed by atoms with Crippen LogP contribution in [-0.4, -0.2) is 10.9 Å². The Morgan fingerprint density at radius 1 is 0.614 bits per heavy atom. The second-order valence-electron chi connectivity index (χ2n) is 14.5. The van der Waals surface area contributed by atoms with Crippen molar-refractivity contribution in [1.29, 1.82) is 0 Å². The number of hydrogen-bond acceptors (Lipinski definition) is 3. The lowest BCUT2D eigenvalue weighted by molar-refractivity contribution is -0.113. The normalized spacial score (nSPS) is 26.0. The molecule has 0 amide bonds. The van der Waals surface area contributed by atoms with Gasteiger partial charge in [0.05, 0.1) is 11.1 Å². The third kappa shape index (κ3) is 6.92. The summed E-state index contributed by atoms with van der Waals surface area (Å²) in [5, 5.41) is 11.3. The number of carbonyl (C=O) groups is 1. The van der Waals surface area contributed by atoms with Gasteiger partial charge in [-0.15, -0.1) is 0 Å². The molecule has 5 aliphatic carbocycles. The van der Waals surface area contributed by atoms with Crippen LogP contribution in [0.3, 0.4) is 0 Å². The van der Waals surface area contributed by atoms with Crippen molar-refractivity contribution >= 4 is 35.0 Å². The lowest BCUT2D eigenvalue weighted by Crippen LogP contribution is -2.21. The van der Waals surface area contributed by atoms with Crippen LogP contribution in [-0.2, 0) is 4.79 Å². The van der Waals surface area contributed by atoms with Gasteiger partial charge in [0.15, 0.2) is 0 Å². The molecule has 1 aromatic heterocycles. The Balaban J connectivity index is 1.19. The van der Waals surface area contributed by atoms with Crippen molar-refractivity contribution in [2.24, 2.45) is 11.8 Å². The second-order valence-corrected chi connectivity index (χ2v) is 16.8.